The molecule has 0 radical (unpaired) electrons. The van der Waals surface area contributed by atoms with Crippen molar-refractivity contribution < 1.29 is 63.6 Å². The minimum absolute atomic E-state index is 0.00499. The second kappa shape index (κ2) is 22.2. The number of anilines is 2. The van der Waals surface area contributed by atoms with Gasteiger partial charge in [-0.15, -0.1) is 0 Å². The van der Waals surface area contributed by atoms with Gasteiger partial charge in [0.25, 0.3) is 14.2 Å². The van der Waals surface area contributed by atoms with Gasteiger partial charge in [0.05, 0.1) is 49.0 Å². The Bertz CT molecular complexity index is 3580. The van der Waals surface area contributed by atoms with E-state index in [4.69, 9.17) is 33.1 Å². The lowest BCUT2D eigenvalue weighted by Gasteiger charge is -2.48. The molecule has 7 aromatic rings. The molecule has 2 saturated heterocycles. The SMILES string of the molecule is COc1ccc(CN(Cc2ccc(OC)cc2)c2cc(-c3nc4c5c(nc(OCC6(CO[Si](c7ccccc7)(c7ccccc7)C(C)(C)C)CC6(F)F)nc5c3F)N3C[C@H]5CC[C@@H]([C@H]3[C@H](C)O4)N5C(=O)OC(C)(C)C)c(C(F)(F)F)c(C)c2F)cc1. The van der Waals surface area contributed by atoms with Crippen molar-refractivity contribution >= 4 is 47.2 Å². The van der Waals surface area contributed by atoms with Crippen LogP contribution in [0.25, 0.3) is 22.2 Å². The molecule has 4 aliphatic rings. The summed E-state index contributed by atoms with van der Waals surface area (Å²) in [5.74, 6) is -5.15. The van der Waals surface area contributed by atoms with E-state index in [2.05, 4.69) is 9.97 Å². The number of pyridine rings is 1. The van der Waals surface area contributed by atoms with Crippen molar-refractivity contribution in [3.05, 3.63) is 149 Å². The number of fused-ring (bicyclic) bond motifs is 5. The fourth-order valence-corrected chi connectivity index (χ4v) is 17.5. The standard InChI is InChI=1S/C65H69F7N6O7Si/c1-38-51(65(70,71)72)47(31-49(52(38)66)76(32-40-21-26-43(80-9)27-22-40)33-41-23-28-44(81-10)29-24-41)54-53(67)55-50-57(77-34-42-25-30-48(56(77)39(2)84-58(50)73-54)78(42)60(79)85-61(3,4)5)75-59(74-55)82-36-63(35-64(63,68)69)37-83-86(62(6,7)8,45-17-13-11-14-18-45)46-19-15-12-16-20-46/h11-24,26-29,31,39,42,48,56H,25,30,32-37H2,1-10H3/t39-,42+,48-,56+,63?/m0/s1. The Balaban J connectivity index is 1.06. The van der Waals surface area contributed by atoms with Crippen LogP contribution in [0.15, 0.2) is 115 Å². The number of nitrogens with zero attached hydrogens (tertiary/aromatic N) is 6. The first-order chi connectivity index (χ1) is 40.7. The molecular formula is C65H69F7N6O7Si. The van der Waals surface area contributed by atoms with Gasteiger partial charge in [-0.2, -0.15) is 23.1 Å². The third-order valence-corrected chi connectivity index (χ3v) is 22.2. The molecule has 5 aromatic carbocycles. The van der Waals surface area contributed by atoms with Crippen LogP contribution < -0.4 is 39.1 Å². The quantitative estimate of drug-likeness (QED) is 0.0676. The summed E-state index contributed by atoms with van der Waals surface area (Å²) in [6.45, 7) is 12.9. The van der Waals surface area contributed by atoms with Crippen LogP contribution in [-0.4, -0.2) is 104 Å². The van der Waals surface area contributed by atoms with E-state index in [1.165, 1.54) is 14.2 Å². The van der Waals surface area contributed by atoms with Crippen LogP contribution in [0.5, 0.6) is 23.4 Å². The molecule has 1 unspecified atom stereocenters. The monoisotopic (exact) mass is 1210 g/mol. The summed E-state index contributed by atoms with van der Waals surface area (Å²) < 4.78 is 153. The Labute approximate surface area is 496 Å². The second-order valence-corrected chi connectivity index (χ2v) is 29.3. The van der Waals surface area contributed by atoms with Gasteiger partial charge in [0.1, 0.15) is 58.0 Å². The molecule has 13 nitrogen and oxygen atoms in total. The van der Waals surface area contributed by atoms with Gasteiger partial charge in [-0.1, -0.05) is 106 Å². The van der Waals surface area contributed by atoms with Gasteiger partial charge < -0.3 is 37.9 Å². The molecule has 1 saturated carbocycles. The van der Waals surface area contributed by atoms with E-state index in [-0.39, 0.29) is 42.4 Å². The lowest BCUT2D eigenvalue weighted by molar-refractivity contribution is -0.137. The van der Waals surface area contributed by atoms with E-state index >= 15 is 30.7 Å². The largest absolute Gasteiger partial charge is 0.497 e. The first kappa shape index (κ1) is 60.1. The molecule has 5 heterocycles. The first-order valence-corrected chi connectivity index (χ1v) is 30.6. The molecule has 86 heavy (non-hydrogen) atoms. The van der Waals surface area contributed by atoms with E-state index in [0.29, 0.717) is 35.5 Å². The third kappa shape index (κ3) is 10.9. The zero-order chi connectivity index (χ0) is 61.5. The van der Waals surface area contributed by atoms with Crippen LogP contribution in [0.1, 0.15) is 90.0 Å². The van der Waals surface area contributed by atoms with E-state index in [0.717, 1.165) is 23.4 Å². The molecule has 1 aliphatic carbocycles. The lowest BCUT2D eigenvalue weighted by Crippen LogP contribution is -2.67. The fraction of sp³-hybridized carbons (Fsp3) is 0.415. The molecule has 2 bridgehead atoms. The summed E-state index contributed by atoms with van der Waals surface area (Å²) >= 11 is 0. The first-order valence-electron chi connectivity index (χ1n) is 28.7. The zero-order valence-corrected chi connectivity index (χ0v) is 50.6. The number of benzene rings is 5. The average molecular weight is 1210 g/mol. The molecule has 11 rings (SSSR count). The van der Waals surface area contributed by atoms with Crippen LogP contribution in [-0.2, 0) is 28.4 Å². The highest BCUT2D eigenvalue weighted by Crippen LogP contribution is 2.61. The highest BCUT2D eigenvalue weighted by atomic mass is 28.4. The molecule has 5 atom stereocenters. The number of alkyl halides is 5. The number of hydrogen-bond acceptors (Lipinski definition) is 12. The Kier molecular flexibility index (Phi) is 15.5. The van der Waals surface area contributed by atoms with Gasteiger partial charge in [0, 0.05) is 38.2 Å². The molecule has 3 aliphatic heterocycles. The number of amides is 1. The van der Waals surface area contributed by atoms with Crippen molar-refractivity contribution in [1.82, 2.24) is 19.9 Å². The molecule has 0 N–H and O–H groups in total. The molecule has 2 aromatic heterocycles. The van der Waals surface area contributed by atoms with Gasteiger partial charge >= 0.3 is 18.3 Å². The molecule has 21 heteroatoms. The van der Waals surface area contributed by atoms with Crippen molar-refractivity contribution in [1.29, 1.82) is 0 Å². The molecular weight excluding hydrogens is 1140 g/mol. The van der Waals surface area contributed by atoms with E-state index < -0.39 is 132 Å². The predicted molar refractivity (Wildman–Crippen MR) is 315 cm³/mol. The normalized spacial score (nSPS) is 20.7. The Morgan fingerprint density at radius 2 is 1.35 bits per heavy atom. The van der Waals surface area contributed by atoms with Crippen LogP contribution in [0.4, 0.5) is 47.0 Å². The highest BCUT2D eigenvalue weighted by molar-refractivity contribution is 6.99. The van der Waals surface area contributed by atoms with Gasteiger partial charge in [-0.25, -0.2) is 27.3 Å². The minimum Gasteiger partial charge on any atom is -0.497 e. The molecule has 0 spiro atoms. The molecule has 3 fully saturated rings. The minimum atomic E-state index is -5.28. The Morgan fingerprint density at radius 1 is 0.779 bits per heavy atom. The zero-order valence-electron chi connectivity index (χ0n) is 49.6. The Hall–Kier alpha value is -7.65. The number of methoxy groups -OCH3 is 2. The number of carbonyl (C=O) groups excluding carboxylic acids is 1. The maximum absolute atomic E-state index is 18.5. The van der Waals surface area contributed by atoms with Crippen molar-refractivity contribution in [2.75, 3.05) is 43.8 Å². The number of hydrogen-bond donors (Lipinski definition) is 0. The molecule has 454 valence electrons. The van der Waals surface area contributed by atoms with E-state index in [1.807, 2.05) is 86.3 Å². The van der Waals surface area contributed by atoms with Crippen molar-refractivity contribution in [3.63, 3.8) is 0 Å². The molecule has 1 amide bonds. The summed E-state index contributed by atoms with van der Waals surface area (Å²) in [5.41, 5.74) is -6.45. The number of aromatic nitrogens is 3. The predicted octanol–water partition coefficient (Wildman–Crippen LogP) is 13.2. The number of piperazine rings is 1. The van der Waals surface area contributed by atoms with Gasteiger partial charge in [0.15, 0.2) is 5.82 Å². The average Bonchev–Trinajstić information content (AvgIpc) is 1.44. The smallest absolute Gasteiger partial charge is 0.417 e. The van der Waals surface area contributed by atoms with Crippen LogP contribution in [0.2, 0.25) is 5.04 Å². The second-order valence-electron chi connectivity index (χ2n) is 25.0. The summed E-state index contributed by atoms with van der Waals surface area (Å²) in [7, 11) is -0.381. The number of halogens is 7. The summed E-state index contributed by atoms with van der Waals surface area (Å²) in [4.78, 5) is 33.1. The van der Waals surface area contributed by atoms with E-state index in [9.17, 15) is 4.79 Å². The number of carbonyl (C=O) groups is 1. The van der Waals surface area contributed by atoms with Gasteiger partial charge in [-0.3, -0.25) is 4.90 Å². The lowest BCUT2D eigenvalue weighted by atomic mass is 9.95. The third-order valence-electron chi connectivity index (χ3n) is 17.2. The fourth-order valence-electron chi connectivity index (χ4n) is 12.9. The summed E-state index contributed by atoms with van der Waals surface area (Å²) in [6, 6.07) is 31.5. The number of ether oxygens (including phenoxy) is 5. The number of rotatable bonds is 16. The Morgan fingerprint density at radius 3 is 1.86 bits per heavy atom. The maximum atomic E-state index is 18.5. The van der Waals surface area contributed by atoms with Gasteiger partial charge in [0.2, 0.25) is 5.88 Å². The van der Waals surface area contributed by atoms with Crippen molar-refractivity contribution in [2.45, 2.75) is 135 Å². The maximum Gasteiger partial charge on any atom is 0.417 e. The van der Waals surface area contributed by atoms with Crippen molar-refractivity contribution in [3.8, 4) is 34.6 Å². The van der Waals surface area contributed by atoms with Crippen LogP contribution in [0, 0.1) is 24.0 Å². The summed E-state index contributed by atoms with van der Waals surface area (Å²) in [6.07, 6.45) is -6.36. The van der Waals surface area contributed by atoms with Crippen LogP contribution >= 0.6 is 0 Å². The topological polar surface area (TPSA) is 121 Å². The van der Waals surface area contributed by atoms with Gasteiger partial charge in [-0.05, 0) is 110 Å². The van der Waals surface area contributed by atoms with E-state index in [1.54, 1.807) is 86.0 Å². The summed E-state index contributed by atoms with van der Waals surface area (Å²) in [5, 5.41) is 1.03. The van der Waals surface area contributed by atoms with Crippen LogP contribution in [0.3, 0.4) is 0 Å². The highest BCUT2D eigenvalue weighted by Gasteiger charge is 2.73. The van der Waals surface area contributed by atoms with Crippen molar-refractivity contribution in [2.24, 2.45) is 5.41 Å².